The zero-order chi connectivity index (χ0) is 17.4. The largest absolute Gasteiger partial charge is 0.462 e. The third kappa shape index (κ3) is 3.65. The minimum Gasteiger partial charge on any atom is -0.462 e. The van der Waals surface area contributed by atoms with E-state index in [0.717, 1.165) is 25.7 Å². The maximum Gasteiger partial charge on any atom is 0.306 e. The van der Waals surface area contributed by atoms with Gasteiger partial charge in [-0.05, 0) is 43.4 Å². The Morgan fingerprint density at radius 1 is 1.35 bits per heavy atom. The second kappa shape index (κ2) is 6.58. The zero-order valence-electron chi connectivity index (χ0n) is 15.7. The predicted molar refractivity (Wildman–Crippen MR) is 92.9 cm³/mol. The molecule has 0 aromatic heterocycles. The average molecular weight is 322 g/mol. The van der Waals surface area contributed by atoms with E-state index >= 15 is 0 Å². The van der Waals surface area contributed by atoms with Crippen LogP contribution in [0.4, 0.5) is 0 Å². The van der Waals surface area contributed by atoms with Crippen molar-refractivity contribution >= 4 is 5.97 Å². The Balaban J connectivity index is 2.32. The molecule has 2 aliphatic rings. The second-order valence-corrected chi connectivity index (χ2v) is 8.86. The summed E-state index contributed by atoms with van der Waals surface area (Å²) in [6.45, 7) is 12.6. The molecule has 0 aromatic rings. The normalized spacial score (nSPS) is 37.5. The van der Waals surface area contributed by atoms with Gasteiger partial charge in [-0.25, -0.2) is 0 Å². The molecule has 0 aromatic carbocycles. The van der Waals surface area contributed by atoms with Crippen molar-refractivity contribution in [3.63, 3.8) is 0 Å². The summed E-state index contributed by atoms with van der Waals surface area (Å²) in [5.41, 5.74) is 0.546. The van der Waals surface area contributed by atoms with E-state index in [1.54, 1.807) is 0 Å². The van der Waals surface area contributed by atoms with Crippen molar-refractivity contribution in [2.75, 3.05) is 0 Å². The first kappa shape index (κ1) is 18.5. The first-order valence-electron chi connectivity index (χ1n) is 9.16. The Morgan fingerprint density at radius 3 is 2.57 bits per heavy atom. The standard InChI is InChI=1S/C20H34O3/c1-13(2)11-17(21)23-16-12-15(5)7-8-19(6)9-10-20(22,14(3)4)18(16)19/h7,13-14,16,18,22H,8-12H2,1-6H3. The molecular formula is C20H34O3. The average Bonchev–Trinajstić information content (AvgIpc) is 2.61. The van der Waals surface area contributed by atoms with Crippen molar-refractivity contribution < 1.29 is 14.6 Å². The zero-order valence-corrected chi connectivity index (χ0v) is 15.7. The van der Waals surface area contributed by atoms with Crippen molar-refractivity contribution in [2.45, 2.75) is 85.4 Å². The summed E-state index contributed by atoms with van der Waals surface area (Å²) in [7, 11) is 0. The van der Waals surface area contributed by atoms with Gasteiger partial charge in [0.05, 0.1) is 5.60 Å². The lowest BCUT2D eigenvalue weighted by Crippen LogP contribution is -2.50. The Labute approximate surface area is 141 Å². The summed E-state index contributed by atoms with van der Waals surface area (Å²) >= 11 is 0. The van der Waals surface area contributed by atoms with E-state index in [9.17, 15) is 9.90 Å². The number of esters is 1. The number of rotatable bonds is 4. The van der Waals surface area contributed by atoms with Crippen LogP contribution in [0.15, 0.2) is 11.6 Å². The fraction of sp³-hybridized carbons (Fsp3) is 0.850. The van der Waals surface area contributed by atoms with Crippen LogP contribution in [0.3, 0.4) is 0 Å². The number of ether oxygens (including phenoxy) is 1. The molecule has 1 saturated carbocycles. The van der Waals surface area contributed by atoms with Crippen molar-refractivity contribution in [1.82, 2.24) is 0 Å². The van der Waals surface area contributed by atoms with Gasteiger partial charge in [-0.1, -0.05) is 46.3 Å². The molecule has 132 valence electrons. The number of hydrogen-bond acceptors (Lipinski definition) is 3. The molecule has 2 rings (SSSR count). The highest BCUT2D eigenvalue weighted by Crippen LogP contribution is 2.58. The monoisotopic (exact) mass is 322 g/mol. The molecule has 1 fully saturated rings. The van der Waals surface area contributed by atoms with Gasteiger partial charge in [-0.2, -0.15) is 0 Å². The van der Waals surface area contributed by atoms with Crippen molar-refractivity contribution in [1.29, 1.82) is 0 Å². The number of fused-ring (bicyclic) bond motifs is 1. The van der Waals surface area contributed by atoms with E-state index in [1.165, 1.54) is 5.57 Å². The highest BCUT2D eigenvalue weighted by molar-refractivity contribution is 5.69. The summed E-state index contributed by atoms with van der Waals surface area (Å²) in [4.78, 5) is 12.3. The number of aliphatic hydroxyl groups is 1. The SMILES string of the molecule is CC1=CCC2(C)CCC(O)(C(C)C)C2C(OC(=O)CC(C)C)C1. The van der Waals surface area contributed by atoms with Crippen molar-refractivity contribution in [3.05, 3.63) is 11.6 Å². The van der Waals surface area contributed by atoms with Crippen LogP contribution >= 0.6 is 0 Å². The summed E-state index contributed by atoms with van der Waals surface area (Å²) in [6, 6.07) is 0. The highest BCUT2D eigenvalue weighted by atomic mass is 16.5. The molecule has 4 atom stereocenters. The third-order valence-corrected chi connectivity index (χ3v) is 6.06. The van der Waals surface area contributed by atoms with Crippen LogP contribution in [0.2, 0.25) is 0 Å². The fourth-order valence-electron chi connectivity index (χ4n) is 4.63. The van der Waals surface area contributed by atoms with Gasteiger partial charge in [0.1, 0.15) is 6.10 Å². The molecule has 0 saturated heterocycles. The van der Waals surface area contributed by atoms with Gasteiger partial charge in [0.15, 0.2) is 0 Å². The van der Waals surface area contributed by atoms with Gasteiger partial charge in [0, 0.05) is 18.8 Å². The van der Waals surface area contributed by atoms with E-state index < -0.39 is 5.60 Å². The smallest absolute Gasteiger partial charge is 0.306 e. The van der Waals surface area contributed by atoms with Crippen LogP contribution in [-0.4, -0.2) is 22.8 Å². The van der Waals surface area contributed by atoms with Crippen LogP contribution in [0, 0.1) is 23.2 Å². The molecular weight excluding hydrogens is 288 g/mol. The molecule has 0 aliphatic heterocycles. The summed E-state index contributed by atoms with van der Waals surface area (Å²) in [5.74, 6) is 0.350. The molecule has 0 heterocycles. The van der Waals surface area contributed by atoms with E-state index in [1.807, 2.05) is 13.8 Å². The van der Waals surface area contributed by atoms with Gasteiger partial charge in [-0.15, -0.1) is 0 Å². The van der Waals surface area contributed by atoms with Crippen LogP contribution in [0.1, 0.15) is 73.6 Å². The van der Waals surface area contributed by atoms with Gasteiger partial charge < -0.3 is 9.84 Å². The number of carbonyl (C=O) groups is 1. The van der Waals surface area contributed by atoms with Gasteiger partial charge >= 0.3 is 5.97 Å². The second-order valence-electron chi connectivity index (χ2n) is 8.86. The number of carbonyl (C=O) groups excluding carboxylic acids is 1. The predicted octanol–water partition coefficient (Wildman–Crippen LogP) is 4.49. The maximum atomic E-state index is 12.3. The van der Waals surface area contributed by atoms with E-state index in [0.29, 0.717) is 12.3 Å². The molecule has 3 nitrogen and oxygen atoms in total. The summed E-state index contributed by atoms with van der Waals surface area (Å²) in [5, 5.41) is 11.4. The number of allylic oxidation sites excluding steroid dienone is 1. The van der Waals surface area contributed by atoms with Crippen LogP contribution in [-0.2, 0) is 9.53 Å². The molecule has 0 radical (unpaired) electrons. The molecule has 3 heteroatoms. The first-order valence-corrected chi connectivity index (χ1v) is 9.16. The van der Waals surface area contributed by atoms with E-state index in [2.05, 4.69) is 33.8 Å². The van der Waals surface area contributed by atoms with Gasteiger partial charge in [0.2, 0.25) is 0 Å². The van der Waals surface area contributed by atoms with Crippen LogP contribution < -0.4 is 0 Å². The lowest BCUT2D eigenvalue weighted by atomic mass is 9.67. The van der Waals surface area contributed by atoms with Crippen LogP contribution in [0.5, 0.6) is 0 Å². The minimum atomic E-state index is -0.740. The molecule has 0 spiro atoms. The van der Waals surface area contributed by atoms with E-state index in [4.69, 9.17) is 4.74 Å². The Kier molecular flexibility index (Phi) is 5.30. The minimum absolute atomic E-state index is 0.0134. The van der Waals surface area contributed by atoms with Gasteiger partial charge in [0.25, 0.3) is 0 Å². The Hall–Kier alpha value is -0.830. The Bertz CT molecular complexity index is 479. The topological polar surface area (TPSA) is 46.5 Å². The quantitative estimate of drug-likeness (QED) is 0.613. The van der Waals surface area contributed by atoms with E-state index in [-0.39, 0.29) is 29.3 Å². The van der Waals surface area contributed by atoms with Gasteiger partial charge in [-0.3, -0.25) is 4.79 Å². The lowest BCUT2D eigenvalue weighted by Gasteiger charge is -2.43. The fourth-order valence-corrected chi connectivity index (χ4v) is 4.63. The maximum absolute atomic E-state index is 12.3. The lowest BCUT2D eigenvalue weighted by molar-refractivity contribution is -0.166. The van der Waals surface area contributed by atoms with Crippen molar-refractivity contribution in [2.24, 2.45) is 23.2 Å². The molecule has 2 aliphatic carbocycles. The van der Waals surface area contributed by atoms with Crippen LogP contribution in [0.25, 0.3) is 0 Å². The summed E-state index contributed by atoms with van der Waals surface area (Å²) in [6.07, 6.45) is 6.04. The first-order chi connectivity index (χ1) is 10.6. The third-order valence-electron chi connectivity index (χ3n) is 6.06. The highest BCUT2D eigenvalue weighted by Gasteiger charge is 2.59. The van der Waals surface area contributed by atoms with Crippen molar-refractivity contribution in [3.8, 4) is 0 Å². The molecule has 23 heavy (non-hydrogen) atoms. The molecule has 0 amide bonds. The number of hydrogen-bond donors (Lipinski definition) is 1. The Morgan fingerprint density at radius 2 is 2.00 bits per heavy atom. The summed E-state index contributed by atoms with van der Waals surface area (Å²) < 4.78 is 5.94. The molecule has 4 unspecified atom stereocenters. The molecule has 1 N–H and O–H groups in total. The molecule has 0 bridgehead atoms.